The van der Waals surface area contributed by atoms with Crippen LogP contribution in [0, 0.1) is 0 Å². The van der Waals surface area contributed by atoms with Gasteiger partial charge in [0.1, 0.15) is 11.4 Å². The average molecular weight is 307 g/mol. The molecule has 112 valence electrons. The highest BCUT2D eigenvalue weighted by Crippen LogP contribution is 2.21. The van der Waals surface area contributed by atoms with Crippen LogP contribution in [0.3, 0.4) is 0 Å². The van der Waals surface area contributed by atoms with Crippen LogP contribution in [0.15, 0.2) is 30.5 Å². The summed E-state index contributed by atoms with van der Waals surface area (Å²) in [5, 5.41) is 4.47. The summed E-state index contributed by atoms with van der Waals surface area (Å²) in [5.74, 6) is 0.648. The molecule has 0 saturated carbocycles. The van der Waals surface area contributed by atoms with E-state index in [0.29, 0.717) is 29.4 Å². The van der Waals surface area contributed by atoms with Gasteiger partial charge in [-0.05, 0) is 37.6 Å². The third-order valence-corrected chi connectivity index (χ3v) is 3.47. The Balaban J connectivity index is 2.14. The monoisotopic (exact) mass is 306 g/mol. The second kappa shape index (κ2) is 7.27. The maximum absolute atomic E-state index is 12.5. The molecule has 0 fully saturated rings. The molecule has 21 heavy (non-hydrogen) atoms. The number of ketones is 1. The molecule has 1 aromatic heterocycles. The zero-order valence-corrected chi connectivity index (χ0v) is 13.1. The predicted octanol–water partition coefficient (Wildman–Crippen LogP) is 3.97. The lowest BCUT2D eigenvalue weighted by Crippen LogP contribution is -2.11. The van der Waals surface area contributed by atoms with E-state index in [1.54, 1.807) is 16.8 Å². The molecular weight excluding hydrogens is 288 g/mol. The first-order chi connectivity index (χ1) is 10.2. The first-order valence-corrected chi connectivity index (χ1v) is 7.54. The smallest absolute Gasteiger partial charge is 0.212 e. The molecule has 0 bridgehead atoms. The van der Waals surface area contributed by atoms with Gasteiger partial charge in [-0.2, -0.15) is 5.10 Å². The van der Waals surface area contributed by atoms with Gasteiger partial charge >= 0.3 is 0 Å². The van der Waals surface area contributed by atoms with Crippen LogP contribution in [0.4, 0.5) is 0 Å². The van der Waals surface area contributed by atoms with Crippen molar-refractivity contribution in [1.29, 1.82) is 0 Å². The Kier molecular flexibility index (Phi) is 5.39. The molecule has 0 amide bonds. The zero-order valence-electron chi connectivity index (χ0n) is 12.3. The summed E-state index contributed by atoms with van der Waals surface area (Å²) in [4.78, 5) is 12.5. The van der Waals surface area contributed by atoms with Crippen LogP contribution in [0.1, 0.15) is 42.7 Å². The quantitative estimate of drug-likeness (QED) is 0.574. The summed E-state index contributed by atoms with van der Waals surface area (Å²) >= 11 is 6.06. The third kappa shape index (κ3) is 3.64. The van der Waals surface area contributed by atoms with Crippen molar-refractivity contribution in [3.63, 3.8) is 0 Å². The largest absolute Gasteiger partial charge is 0.494 e. The number of unbranched alkanes of at least 4 members (excludes halogenated alkanes) is 1. The van der Waals surface area contributed by atoms with E-state index < -0.39 is 0 Å². The van der Waals surface area contributed by atoms with Gasteiger partial charge in [0.2, 0.25) is 5.78 Å². The molecule has 0 aliphatic rings. The number of hydrogen-bond donors (Lipinski definition) is 0. The van der Waals surface area contributed by atoms with E-state index in [1.165, 1.54) is 6.20 Å². The van der Waals surface area contributed by atoms with Crippen LogP contribution in [0.25, 0.3) is 0 Å². The SMILES string of the molecule is CCCCOc1ccc(C(=O)c2c(Cl)cnn2CC)cc1. The second-order valence-electron chi connectivity index (χ2n) is 4.71. The summed E-state index contributed by atoms with van der Waals surface area (Å²) in [7, 11) is 0. The first-order valence-electron chi connectivity index (χ1n) is 7.16. The number of aryl methyl sites for hydroxylation is 1. The number of rotatable bonds is 7. The van der Waals surface area contributed by atoms with Gasteiger partial charge in [0.05, 0.1) is 17.8 Å². The number of halogens is 1. The van der Waals surface area contributed by atoms with E-state index >= 15 is 0 Å². The van der Waals surface area contributed by atoms with E-state index in [1.807, 2.05) is 19.1 Å². The number of ether oxygens (including phenoxy) is 1. The van der Waals surface area contributed by atoms with E-state index in [2.05, 4.69) is 12.0 Å². The van der Waals surface area contributed by atoms with Crippen molar-refractivity contribution in [3.05, 3.63) is 46.7 Å². The van der Waals surface area contributed by atoms with Crippen LogP contribution >= 0.6 is 11.6 Å². The van der Waals surface area contributed by atoms with Crippen molar-refractivity contribution >= 4 is 17.4 Å². The van der Waals surface area contributed by atoms with Crippen LogP contribution in [0.5, 0.6) is 5.75 Å². The van der Waals surface area contributed by atoms with E-state index in [-0.39, 0.29) is 5.78 Å². The average Bonchev–Trinajstić information content (AvgIpc) is 2.88. The first kappa shape index (κ1) is 15.6. The molecule has 4 nitrogen and oxygen atoms in total. The predicted molar refractivity (Wildman–Crippen MR) is 83.2 cm³/mol. The van der Waals surface area contributed by atoms with Crippen LogP contribution in [0.2, 0.25) is 5.02 Å². The molecular formula is C16H19ClN2O2. The fraction of sp³-hybridized carbons (Fsp3) is 0.375. The summed E-state index contributed by atoms with van der Waals surface area (Å²) in [6.45, 7) is 5.33. The fourth-order valence-electron chi connectivity index (χ4n) is 2.00. The van der Waals surface area contributed by atoms with Crippen LogP contribution < -0.4 is 4.74 Å². The standard InChI is InChI=1S/C16H19ClN2O2/c1-3-5-10-21-13-8-6-12(7-9-13)16(20)15-14(17)11-18-19(15)4-2/h6-9,11H,3-5,10H2,1-2H3. The lowest BCUT2D eigenvalue weighted by Gasteiger charge is -2.07. The van der Waals surface area contributed by atoms with Gasteiger partial charge in [-0.25, -0.2) is 0 Å². The minimum Gasteiger partial charge on any atom is -0.494 e. The summed E-state index contributed by atoms with van der Waals surface area (Å²) < 4.78 is 7.19. The Morgan fingerprint density at radius 3 is 2.62 bits per heavy atom. The van der Waals surface area contributed by atoms with Gasteiger partial charge in [-0.1, -0.05) is 24.9 Å². The normalized spacial score (nSPS) is 10.6. The molecule has 0 atom stereocenters. The van der Waals surface area contributed by atoms with E-state index in [9.17, 15) is 4.79 Å². The molecule has 2 rings (SSSR count). The van der Waals surface area contributed by atoms with Crippen molar-refractivity contribution in [2.24, 2.45) is 0 Å². The summed E-state index contributed by atoms with van der Waals surface area (Å²) in [5.41, 5.74) is 1.01. The topological polar surface area (TPSA) is 44.1 Å². The molecule has 1 aromatic carbocycles. The third-order valence-electron chi connectivity index (χ3n) is 3.19. The Morgan fingerprint density at radius 1 is 1.29 bits per heavy atom. The lowest BCUT2D eigenvalue weighted by atomic mass is 10.1. The molecule has 0 aliphatic heterocycles. The Bertz CT molecular complexity index is 605. The zero-order chi connectivity index (χ0) is 15.2. The highest BCUT2D eigenvalue weighted by atomic mass is 35.5. The van der Waals surface area contributed by atoms with Gasteiger partial charge in [-0.3, -0.25) is 9.48 Å². The van der Waals surface area contributed by atoms with E-state index in [0.717, 1.165) is 18.6 Å². The Hall–Kier alpha value is -1.81. The van der Waals surface area contributed by atoms with Gasteiger partial charge in [0, 0.05) is 12.1 Å². The molecule has 0 spiro atoms. The van der Waals surface area contributed by atoms with Crippen molar-refractivity contribution in [3.8, 4) is 5.75 Å². The number of aromatic nitrogens is 2. The minimum atomic E-state index is -0.126. The maximum atomic E-state index is 12.5. The van der Waals surface area contributed by atoms with Gasteiger partial charge in [-0.15, -0.1) is 0 Å². The molecule has 0 unspecified atom stereocenters. The molecule has 0 aliphatic carbocycles. The van der Waals surface area contributed by atoms with Crippen molar-refractivity contribution in [1.82, 2.24) is 9.78 Å². The number of hydrogen-bond acceptors (Lipinski definition) is 3. The molecule has 1 heterocycles. The molecule has 0 saturated heterocycles. The van der Waals surface area contributed by atoms with Crippen molar-refractivity contribution in [2.45, 2.75) is 33.2 Å². The molecule has 5 heteroatoms. The number of benzene rings is 1. The lowest BCUT2D eigenvalue weighted by molar-refractivity contribution is 0.102. The molecule has 0 radical (unpaired) electrons. The number of nitrogens with zero attached hydrogens (tertiary/aromatic N) is 2. The number of carbonyl (C=O) groups is 1. The van der Waals surface area contributed by atoms with Gasteiger partial charge in [0.15, 0.2) is 0 Å². The maximum Gasteiger partial charge on any atom is 0.212 e. The van der Waals surface area contributed by atoms with Crippen molar-refractivity contribution < 1.29 is 9.53 Å². The van der Waals surface area contributed by atoms with E-state index in [4.69, 9.17) is 16.3 Å². The number of carbonyl (C=O) groups excluding carboxylic acids is 1. The Morgan fingerprint density at radius 2 is 2.00 bits per heavy atom. The second-order valence-corrected chi connectivity index (χ2v) is 5.12. The highest BCUT2D eigenvalue weighted by molar-refractivity contribution is 6.34. The fourth-order valence-corrected chi connectivity index (χ4v) is 2.23. The minimum absolute atomic E-state index is 0.126. The van der Waals surface area contributed by atoms with Crippen molar-refractivity contribution in [2.75, 3.05) is 6.61 Å². The summed E-state index contributed by atoms with van der Waals surface area (Å²) in [6, 6.07) is 7.13. The van der Waals surface area contributed by atoms with Crippen LogP contribution in [-0.2, 0) is 6.54 Å². The molecule has 2 aromatic rings. The highest BCUT2D eigenvalue weighted by Gasteiger charge is 2.18. The van der Waals surface area contributed by atoms with Crippen LogP contribution in [-0.4, -0.2) is 22.2 Å². The Labute approximate surface area is 129 Å². The van der Waals surface area contributed by atoms with Gasteiger partial charge in [0.25, 0.3) is 0 Å². The molecule has 0 N–H and O–H groups in total. The van der Waals surface area contributed by atoms with Gasteiger partial charge < -0.3 is 4.74 Å². The summed E-state index contributed by atoms with van der Waals surface area (Å²) in [6.07, 6.45) is 3.61.